The summed E-state index contributed by atoms with van der Waals surface area (Å²) >= 11 is 0.959. The molecule has 1 fully saturated rings. The normalized spacial score (nSPS) is 20.1. The average molecular weight is 253 g/mol. The summed E-state index contributed by atoms with van der Waals surface area (Å²) in [6.45, 7) is 3.34. The van der Waals surface area contributed by atoms with Crippen LogP contribution in [0.1, 0.15) is 28.6 Å². The summed E-state index contributed by atoms with van der Waals surface area (Å²) in [5, 5.41) is 9.33. The number of anilines is 1. The molecule has 0 bridgehead atoms. The molecule has 0 aliphatic carbocycles. The molecule has 0 spiro atoms. The van der Waals surface area contributed by atoms with Crippen molar-refractivity contribution < 1.29 is 19.5 Å². The van der Waals surface area contributed by atoms with Crippen LogP contribution in [0.15, 0.2) is 6.07 Å². The van der Waals surface area contributed by atoms with Gasteiger partial charge >= 0.3 is 5.97 Å². The van der Waals surface area contributed by atoms with Gasteiger partial charge in [-0.3, -0.25) is 9.59 Å². The molecule has 1 aromatic heterocycles. The van der Waals surface area contributed by atoms with Crippen molar-refractivity contribution in [2.75, 3.05) is 4.90 Å². The summed E-state index contributed by atoms with van der Waals surface area (Å²) < 4.78 is 0. The molecule has 17 heavy (non-hydrogen) atoms. The largest absolute Gasteiger partial charge is 0.477 e. The maximum Gasteiger partial charge on any atom is 0.346 e. The van der Waals surface area contributed by atoms with Gasteiger partial charge in [-0.25, -0.2) is 9.69 Å². The number of nitrogens with zero attached hydrogens (tertiary/aromatic N) is 1. The van der Waals surface area contributed by atoms with Gasteiger partial charge < -0.3 is 5.11 Å². The van der Waals surface area contributed by atoms with Crippen LogP contribution in [0.5, 0.6) is 0 Å². The molecule has 1 aliphatic heterocycles. The van der Waals surface area contributed by atoms with Crippen molar-refractivity contribution in [1.82, 2.24) is 0 Å². The maximum atomic E-state index is 11.8. The lowest BCUT2D eigenvalue weighted by molar-refractivity contribution is -0.122. The Hall–Kier alpha value is -1.69. The topological polar surface area (TPSA) is 74.7 Å². The van der Waals surface area contributed by atoms with E-state index in [0.717, 1.165) is 16.2 Å². The Labute approximate surface area is 102 Å². The van der Waals surface area contributed by atoms with E-state index in [1.807, 2.05) is 0 Å². The first kappa shape index (κ1) is 11.8. The van der Waals surface area contributed by atoms with Crippen LogP contribution < -0.4 is 4.90 Å². The van der Waals surface area contributed by atoms with Crippen LogP contribution in [0.25, 0.3) is 0 Å². The number of thiophene rings is 1. The first-order valence-electron chi connectivity index (χ1n) is 5.12. The van der Waals surface area contributed by atoms with Gasteiger partial charge in [0.15, 0.2) is 0 Å². The van der Waals surface area contributed by atoms with Gasteiger partial charge in [0.25, 0.3) is 0 Å². The van der Waals surface area contributed by atoms with Crippen LogP contribution in [0.3, 0.4) is 0 Å². The molecule has 1 aliphatic rings. The molecule has 0 aromatic carbocycles. The van der Waals surface area contributed by atoms with Gasteiger partial charge in [0.2, 0.25) is 11.8 Å². The zero-order valence-corrected chi connectivity index (χ0v) is 10.2. The Morgan fingerprint density at radius 3 is 2.59 bits per heavy atom. The Kier molecular flexibility index (Phi) is 2.74. The van der Waals surface area contributed by atoms with E-state index in [1.54, 1.807) is 19.9 Å². The molecule has 5 nitrogen and oxygen atoms in total. The number of aromatic carboxylic acids is 1. The zero-order chi connectivity index (χ0) is 12.7. The van der Waals surface area contributed by atoms with E-state index in [2.05, 4.69) is 0 Å². The number of rotatable bonds is 2. The Morgan fingerprint density at radius 1 is 1.53 bits per heavy atom. The predicted octanol–water partition coefficient (Wildman–Crippen LogP) is 1.65. The number of aryl methyl sites for hydroxylation is 1. The van der Waals surface area contributed by atoms with E-state index in [0.29, 0.717) is 10.6 Å². The van der Waals surface area contributed by atoms with Gasteiger partial charge in [-0.15, -0.1) is 11.3 Å². The number of carbonyl (C=O) groups excluding carboxylic acids is 2. The zero-order valence-electron chi connectivity index (χ0n) is 9.39. The summed E-state index contributed by atoms with van der Waals surface area (Å²) in [5.74, 6) is -1.88. The van der Waals surface area contributed by atoms with Crippen LogP contribution in [0.2, 0.25) is 0 Å². The molecule has 2 amide bonds. The lowest BCUT2D eigenvalue weighted by Gasteiger charge is -2.10. The molecule has 0 radical (unpaired) electrons. The highest BCUT2D eigenvalue weighted by Gasteiger charge is 2.37. The third-order valence-corrected chi connectivity index (χ3v) is 3.90. The standard InChI is InChI=1S/C11H11NO4S/c1-5-4-8(17-9(5)11(15)16)12-7(13)3-6(2)10(12)14/h4,6H,3H2,1-2H3,(H,15,16). The van der Waals surface area contributed by atoms with Crippen LogP contribution in [0, 0.1) is 12.8 Å². The minimum Gasteiger partial charge on any atom is -0.477 e. The maximum absolute atomic E-state index is 11.8. The Balaban J connectivity index is 2.41. The van der Waals surface area contributed by atoms with Crippen molar-refractivity contribution in [3.63, 3.8) is 0 Å². The summed E-state index contributed by atoms with van der Waals surface area (Å²) in [6.07, 6.45) is 0.193. The van der Waals surface area contributed by atoms with Gasteiger partial charge in [-0.2, -0.15) is 0 Å². The van der Waals surface area contributed by atoms with Gasteiger partial charge in [0.1, 0.15) is 9.88 Å². The highest BCUT2D eigenvalue weighted by molar-refractivity contribution is 7.18. The summed E-state index contributed by atoms with van der Waals surface area (Å²) in [7, 11) is 0. The fourth-order valence-corrected chi connectivity index (χ4v) is 2.84. The van der Waals surface area contributed by atoms with Gasteiger partial charge in [0, 0.05) is 12.3 Å². The van der Waals surface area contributed by atoms with Crippen LogP contribution in [-0.2, 0) is 9.59 Å². The number of hydrogen-bond acceptors (Lipinski definition) is 4. The number of carboxylic acids is 1. The van der Waals surface area contributed by atoms with E-state index < -0.39 is 5.97 Å². The minimum atomic E-state index is -1.04. The Morgan fingerprint density at radius 2 is 2.18 bits per heavy atom. The van der Waals surface area contributed by atoms with Gasteiger partial charge in [-0.1, -0.05) is 6.92 Å². The molecule has 0 saturated carbocycles. The van der Waals surface area contributed by atoms with E-state index in [4.69, 9.17) is 5.11 Å². The predicted molar refractivity (Wildman–Crippen MR) is 62.3 cm³/mol. The van der Waals surface area contributed by atoms with Crippen molar-refractivity contribution in [3.05, 3.63) is 16.5 Å². The average Bonchev–Trinajstić information content (AvgIpc) is 2.70. The first-order chi connectivity index (χ1) is 7.91. The van der Waals surface area contributed by atoms with E-state index in [1.165, 1.54) is 0 Å². The summed E-state index contributed by atoms with van der Waals surface area (Å²) in [4.78, 5) is 35.6. The smallest absolute Gasteiger partial charge is 0.346 e. The molecule has 1 atom stereocenters. The number of amides is 2. The molecular weight excluding hydrogens is 242 g/mol. The third-order valence-electron chi connectivity index (χ3n) is 2.69. The second-order valence-corrected chi connectivity index (χ2v) is 5.11. The van der Waals surface area contributed by atoms with E-state index in [-0.39, 0.29) is 29.0 Å². The first-order valence-corrected chi connectivity index (χ1v) is 5.94. The van der Waals surface area contributed by atoms with Crippen molar-refractivity contribution >= 4 is 34.1 Å². The molecule has 1 aromatic rings. The highest BCUT2D eigenvalue weighted by atomic mass is 32.1. The van der Waals surface area contributed by atoms with Crippen LogP contribution in [-0.4, -0.2) is 22.9 Å². The second kappa shape index (κ2) is 3.96. The molecule has 2 rings (SSSR count). The van der Waals surface area contributed by atoms with Crippen molar-refractivity contribution in [1.29, 1.82) is 0 Å². The van der Waals surface area contributed by atoms with Crippen LogP contribution in [0.4, 0.5) is 5.00 Å². The second-order valence-electron chi connectivity index (χ2n) is 4.07. The lowest BCUT2D eigenvalue weighted by Crippen LogP contribution is -2.29. The summed E-state index contributed by atoms with van der Waals surface area (Å²) in [6, 6.07) is 1.57. The molecule has 90 valence electrons. The fourth-order valence-electron chi connectivity index (χ4n) is 1.80. The van der Waals surface area contributed by atoms with Crippen molar-refractivity contribution in [3.8, 4) is 0 Å². The quantitative estimate of drug-likeness (QED) is 0.813. The number of imide groups is 1. The molecule has 1 N–H and O–H groups in total. The molecule has 1 saturated heterocycles. The van der Waals surface area contributed by atoms with Gasteiger partial charge in [0.05, 0.1) is 0 Å². The lowest BCUT2D eigenvalue weighted by atomic mass is 10.1. The number of hydrogen-bond donors (Lipinski definition) is 1. The highest BCUT2D eigenvalue weighted by Crippen LogP contribution is 2.34. The van der Waals surface area contributed by atoms with Crippen LogP contribution >= 0.6 is 11.3 Å². The third kappa shape index (κ3) is 1.84. The molecule has 2 heterocycles. The molecule has 6 heteroatoms. The number of carboxylic acid groups (broad SMARTS) is 1. The van der Waals surface area contributed by atoms with Crippen molar-refractivity contribution in [2.24, 2.45) is 5.92 Å². The number of carbonyl (C=O) groups is 3. The summed E-state index contributed by atoms with van der Waals surface area (Å²) in [5.41, 5.74) is 0.567. The minimum absolute atomic E-state index is 0.167. The fraction of sp³-hybridized carbons (Fsp3) is 0.364. The van der Waals surface area contributed by atoms with Crippen molar-refractivity contribution in [2.45, 2.75) is 20.3 Å². The SMILES string of the molecule is Cc1cc(N2C(=O)CC(C)C2=O)sc1C(=O)O. The van der Waals surface area contributed by atoms with E-state index >= 15 is 0 Å². The Bertz CT molecular complexity index is 520. The molecule has 1 unspecified atom stereocenters. The van der Waals surface area contributed by atoms with E-state index in [9.17, 15) is 14.4 Å². The monoisotopic (exact) mass is 253 g/mol. The van der Waals surface area contributed by atoms with Gasteiger partial charge in [-0.05, 0) is 18.6 Å². The molecular formula is C11H11NO4S.